The van der Waals surface area contributed by atoms with Crippen LogP contribution in [-0.4, -0.2) is 56.5 Å². The number of carbonyl (C=O) groups excluding carboxylic acids is 1. The van der Waals surface area contributed by atoms with E-state index in [1.54, 1.807) is 10.9 Å². The molecule has 0 spiro atoms. The molecular weight excluding hydrogens is 370 g/mol. The average molecular weight is 395 g/mol. The Morgan fingerprint density at radius 3 is 2.90 bits per heavy atom. The lowest BCUT2D eigenvalue weighted by molar-refractivity contribution is 0.00248. The van der Waals surface area contributed by atoms with Gasteiger partial charge in [-0.3, -0.25) is 9.48 Å². The highest BCUT2D eigenvalue weighted by molar-refractivity contribution is 5.95. The second-order valence-electron chi connectivity index (χ2n) is 7.32. The van der Waals surface area contributed by atoms with E-state index in [4.69, 9.17) is 9.26 Å². The molecule has 29 heavy (non-hydrogen) atoms. The first-order valence-electron chi connectivity index (χ1n) is 9.89. The number of benzene rings is 1. The van der Waals surface area contributed by atoms with Crippen molar-refractivity contribution >= 4 is 5.91 Å². The molecule has 2 aromatic heterocycles. The lowest BCUT2D eigenvalue weighted by atomic mass is 10.1. The molecule has 3 heterocycles. The van der Waals surface area contributed by atoms with Crippen LogP contribution in [0.2, 0.25) is 0 Å². The molecule has 0 saturated carbocycles. The van der Waals surface area contributed by atoms with E-state index in [1.165, 1.54) is 0 Å². The van der Waals surface area contributed by atoms with E-state index < -0.39 is 0 Å². The Hall–Kier alpha value is -3.00. The highest BCUT2D eigenvalue weighted by Crippen LogP contribution is 2.19. The van der Waals surface area contributed by atoms with Crippen LogP contribution in [0.15, 0.2) is 41.1 Å². The van der Waals surface area contributed by atoms with Crippen LogP contribution in [0.25, 0.3) is 11.5 Å². The molecule has 1 aromatic carbocycles. The van der Waals surface area contributed by atoms with Crippen LogP contribution in [0.5, 0.6) is 0 Å². The summed E-state index contributed by atoms with van der Waals surface area (Å²) in [6.07, 6.45) is 4.24. The van der Waals surface area contributed by atoms with Gasteiger partial charge in [0.15, 0.2) is 5.82 Å². The summed E-state index contributed by atoms with van der Waals surface area (Å²) in [6, 6.07) is 9.69. The van der Waals surface area contributed by atoms with Crippen molar-refractivity contribution in [1.29, 1.82) is 0 Å². The minimum Gasteiger partial charge on any atom is -0.376 e. The quantitative estimate of drug-likeness (QED) is 0.638. The van der Waals surface area contributed by atoms with E-state index in [0.717, 1.165) is 30.6 Å². The predicted octanol–water partition coefficient (Wildman–Crippen LogP) is 2.64. The van der Waals surface area contributed by atoms with Gasteiger partial charge in [0.05, 0.1) is 24.0 Å². The molecule has 1 aliphatic rings. The molecular formula is C21H25N5O3. The van der Waals surface area contributed by atoms with Gasteiger partial charge in [0.1, 0.15) is 0 Å². The molecule has 152 valence electrons. The Bertz CT molecular complexity index is 966. The molecule has 0 bridgehead atoms. The smallest absolute Gasteiger partial charge is 0.257 e. The zero-order valence-corrected chi connectivity index (χ0v) is 16.7. The SMILES string of the molecule is Cc1nn(C)cc1C(=O)N1CCCC(OCCc2noc(-c3ccccc3)n2)C1. The Balaban J connectivity index is 1.29. The number of nitrogens with zero attached hydrogens (tertiary/aromatic N) is 5. The molecule has 0 radical (unpaired) electrons. The van der Waals surface area contributed by atoms with E-state index in [2.05, 4.69) is 15.2 Å². The number of piperidine rings is 1. The number of aromatic nitrogens is 4. The highest BCUT2D eigenvalue weighted by atomic mass is 16.5. The first-order chi connectivity index (χ1) is 14.1. The standard InChI is InChI=1S/C21H25N5O3/c1-15-18(14-25(2)23-15)21(27)26-11-6-9-17(13-26)28-12-10-19-22-20(29-24-19)16-7-4-3-5-8-16/h3-5,7-8,14,17H,6,9-13H2,1-2H3. The van der Waals surface area contributed by atoms with Gasteiger partial charge in [-0.1, -0.05) is 23.4 Å². The Morgan fingerprint density at radius 2 is 2.14 bits per heavy atom. The van der Waals surface area contributed by atoms with Gasteiger partial charge in [0.25, 0.3) is 11.8 Å². The molecule has 1 fully saturated rings. The summed E-state index contributed by atoms with van der Waals surface area (Å²) < 4.78 is 13.0. The van der Waals surface area contributed by atoms with Crippen molar-refractivity contribution in [1.82, 2.24) is 24.8 Å². The fraction of sp³-hybridized carbons (Fsp3) is 0.429. The van der Waals surface area contributed by atoms with E-state index >= 15 is 0 Å². The summed E-state index contributed by atoms with van der Waals surface area (Å²) >= 11 is 0. The van der Waals surface area contributed by atoms with Gasteiger partial charge in [-0.15, -0.1) is 0 Å². The maximum Gasteiger partial charge on any atom is 0.257 e. The van der Waals surface area contributed by atoms with Gasteiger partial charge in [0.2, 0.25) is 0 Å². The third kappa shape index (κ3) is 4.54. The van der Waals surface area contributed by atoms with Crippen molar-refractivity contribution in [2.75, 3.05) is 19.7 Å². The second-order valence-corrected chi connectivity index (χ2v) is 7.32. The lowest BCUT2D eigenvalue weighted by Gasteiger charge is -2.32. The zero-order chi connectivity index (χ0) is 20.2. The number of rotatable bonds is 6. The number of carbonyl (C=O) groups is 1. The summed E-state index contributed by atoms with van der Waals surface area (Å²) in [7, 11) is 1.83. The van der Waals surface area contributed by atoms with Gasteiger partial charge in [-0.2, -0.15) is 10.1 Å². The van der Waals surface area contributed by atoms with Crippen molar-refractivity contribution in [2.24, 2.45) is 7.05 Å². The number of amides is 1. The predicted molar refractivity (Wildman–Crippen MR) is 106 cm³/mol. The maximum absolute atomic E-state index is 12.8. The largest absolute Gasteiger partial charge is 0.376 e. The monoisotopic (exact) mass is 395 g/mol. The van der Waals surface area contributed by atoms with Gasteiger partial charge in [0, 0.05) is 38.3 Å². The van der Waals surface area contributed by atoms with Crippen molar-refractivity contribution in [3.63, 3.8) is 0 Å². The Kier molecular flexibility index (Phi) is 5.71. The first kappa shape index (κ1) is 19.3. The van der Waals surface area contributed by atoms with Gasteiger partial charge in [-0.05, 0) is 31.9 Å². The minimum absolute atomic E-state index is 0.0187. The molecule has 4 rings (SSSR count). The molecule has 8 heteroatoms. The maximum atomic E-state index is 12.8. The molecule has 1 saturated heterocycles. The minimum atomic E-state index is 0.0187. The number of hydrogen-bond acceptors (Lipinski definition) is 6. The number of hydrogen-bond donors (Lipinski definition) is 0. The van der Waals surface area contributed by atoms with Crippen molar-refractivity contribution < 1.29 is 14.1 Å². The van der Waals surface area contributed by atoms with E-state index in [0.29, 0.717) is 36.9 Å². The van der Waals surface area contributed by atoms with Crippen LogP contribution in [0.3, 0.4) is 0 Å². The van der Waals surface area contributed by atoms with Crippen LogP contribution in [0.1, 0.15) is 34.7 Å². The average Bonchev–Trinajstić information content (AvgIpc) is 3.34. The topological polar surface area (TPSA) is 86.3 Å². The van der Waals surface area contributed by atoms with Gasteiger partial charge >= 0.3 is 0 Å². The summed E-state index contributed by atoms with van der Waals surface area (Å²) in [4.78, 5) is 19.1. The lowest BCUT2D eigenvalue weighted by Crippen LogP contribution is -2.43. The highest BCUT2D eigenvalue weighted by Gasteiger charge is 2.27. The van der Waals surface area contributed by atoms with E-state index in [-0.39, 0.29) is 12.0 Å². The van der Waals surface area contributed by atoms with Gasteiger partial charge in [-0.25, -0.2) is 0 Å². The molecule has 1 unspecified atom stereocenters. The van der Waals surface area contributed by atoms with Crippen molar-refractivity contribution in [3.8, 4) is 11.5 Å². The number of likely N-dealkylation sites (tertiary alicyclic amines) is 1. The summed E-state index contributed by atoms with van der Waals surface area (Å²) in [5.74, 6) is 1.16. The third-order valence-corrected chi connectivity index (χ3v) is 5.08. The fourth-order valence-electron chi connectivity index (χ4n) is 3.61. The molecule has 3 aromatic rings. The molecule has 1 aliphatic heterocycles. The first-order valence-corrected chi connectivity index (χ1v) is 9.89. The molecule has 8 nitrogen and oxygen atoms in total. The molecule has 1 atom stereocenters. The molecule has 0 N–H and O–H groups in total. The summed E-state index contributed by atoms with van der Waals surface area (Å²) in [6.45, 7) is 3.69. The number of aryl methyl sites for hydroxylation is 2. The van der Waals surface area contributed by atoms with Crippen molar-refractivity contribution in [2.45, 2.75) is 32.3 Å². The molecule has 0 aliphatic carbocycles. The Labute approximate surface area is 169 Å². The third-order valence-electron chi connectivity index (χ3n) is 5.08. The van der Waals surface area contributed by atoms with E-state index in [9.17, 15) is 4.79 Å². The Morgan fingerprint density at radius 1 is 1.31 bits per heavy atom. The zero-order valence-electron chi connectivity index (χ0n) is 16.7. The second kappa shape index (κ2) is 8.57. The summed E-state index contributed by atoms with van der Waals surface area (Å²) in [5, 5.41) is 8.30. The summed E-state index contributed by atoms with van der Waals surface area (Å²) in [5.41, 5.74) is 2.32. The normalized spacial score (nSPS) is 16.9. The van der Waals surface area contributed by atoms with Crippen LogP contribution in [0.4, 0.5) is 0 Å². The van der Waals surface area contributed by atoms with E-state index in [1.807, 2.05) is 49.2 Å². The van der Waals surface area contributed by atoms with Crippen molar-refractivity contribution in [3.05, 3.63) is 53.6 Å². The van der Waals surface area contributed by atoms with Crippen LogP contribution >= 0.6 is 0 Å². The van der Waals surface area contributed by atoms with Gasteiger partial charge < -0.3 is 14.2 Å². The van der Waals surface area contributed by atoms with Crippen LogP contribution < -0.4 is 0 Å². The number of ether oxygens (including phenoxy) is 1. The molecule has 1 amide bonds. The van der Waals surface area contributed by atoms with Crippen LogP contribution in [-0.2, 0) is 18.2 Å². The fourth-order valence-corrected chi connectivity index (χ4v) is 3.61. The van der Waals surface area contributed by atoms with Crippen LogP contribution in [0, 0.1) is 6.92 Å².